The van der Waals surface area contributed by atoms with E-state index in [0.717, 1.165) is 10.8 Å². The van der Waals surface area contributed by atoms with Crippen molar-refractivity contribution in [3.63, 3.8) is 0 Å². The molecule has 2 aromatic carbocycles. The van der Waals surface area contributed by atoms with Gasteiger partial charge in [0.15, 0.2) is 0 Å². The van der Waals surface area contributed by atoms with Crippen molar-refractivity contribution in [3.8, 4) is 0 Å². The quantitative estimate of drug-likeness (QED) is 0.534. The SMILES string of the molecule is Cc1cc(C)cc(C)c1.c1ccc2cocc2c1. The van der Waals surface area contributed by atoms with E-state index in [-0.39, 0.29) is 0 Å². The van der Waals surface area contributed by atoms with Gasteiger partial charge in [-0.1, -0.05) is 59.2 Å². The number of fused-ring (bicyclic) bond motifs is 1. The molecular formula is C17H18O. The predicted octanol–water partition coefficient (Wildman–Crippen LogP) is 5.04. The zero-order valence-corrected chi connectivity index (χ0v) is 11.1. The molecule has 0 fully saturated rings. The van der Waals surface area contributed by atoms with Crippen LogP contribution < -0.4 is 0 Å². The van der Waals surface area contributed by atoms with Crippen LogP contribution in [0.1, 0.15) is 16.7 Å². The Morgan fingerprint density at radius 3 is 1.44 bits per heavy atom. The van der Waals surface area contributed by atoms with Gasteiger partial charge in [-0.15, -0.1) is 0 Å². The lowest BCUT2D eigenvalue weighted by atomic mass is 10.1. The lowest BCUT2D eigenvalue weighted by Gasteiger charge is -1.96. The van der Waals surface area contributed by atoms with E-state index in [4.69, 9.17) is 4.42 Å². The van der Waals surface area contributed by atoms with Crippen molar-refractivity contribution < 1.29 is 4.42 Å². The zero-order valence-electron chi connectivity index (χ0n) is 11.1. The Labute approximate surface area is 108 Å². The highest BCUT2D eigenvalue weighted by Gasteiger charge is 1.89. The van der Waals surface area contributed by atoms with Crippen molar-refractivity contribution in [3.05, 3.63) is 71.7 Å². The molecule has 1 nitrogen and oxygen atoms in total. The Hall–Kier alpha value is -2.02. The van der Waals surface area contributed by atoms with Crippen molar-refractivity contribution in [2.45, 2.75) is 20.8 Å². The number of aryl methyl sites for hydroxylation is 3. The first-order valence-corrected chi connectivity index (χ1v) is 6.11. The van der Waals surface area contributed by atoms with Gasteiger partial charge in [-0.3, -0.25) is 0 Å². The summed E-state index contributed by atoms with van der Waals surface area (Å²) in [7, 11) is 0. The lowest BCUT2D eigenvalue weighted by molar-refractivity contribution is 0.572. The zero-order chi connectivity index (χ0) is 13.0. The van der Waals surface area contributed by atoms with Crippen LogP contribution in [-0.2, 0) is 0 Å². The number of furan rings is 1. The number of hydrogen-bond donors (Lipinski definition) is 0. The lowest BCUT2D eigenvalue weighted by Crippen LogP contribution is -1.78. The van der Waals surface area contributed by atoms with Gasteiger partial charge < -0.3 is 4.42 Å². The predicted molar refractivity (Wildman–Crippen MR) is 76.9 cm³/mol. The molecule has 0 atom stereocenters. The third-order valence-corrected chi connectivity index (χ3v) is 2.75. The van der Waals surface area contributed by atoms with E-state index in [9.17, 15) is 0 Å². The molecule has 18 heavy (non-hydrogen) atoms. The molecule has 0 N–H and O–H groups in total. The highest BCUT2D eigenvalue weighted by Crippen LogP contribution is 2.12. The smallest absolute Gasteiger partial charge is 0.0981 e. The van der Waals surface area contributed by atoms with Crippen LogP contribution in [0.15, 0.2) is 59.4 Å². The van der Waals surface area contributed by atoms with Crippen molar-refractivity contribution in [1.29, 1.82) is 0 Å². The van der Waals surface area contributed by atoms with Crippen molar-refractivity contribution in [1.82, 2.24) is 0 Å². The fourth-order valence-corrected chi connectivity index (χ4v) is 2.11. The van der Waals surface area contributed by atoms with E-state index < -0.39 is 0 Å². The van der Waals surface area contributed by atoms with Crippen molar-refractivity contribution >= 4 is 10.8 Å². The molecule has 0 bridgehead atoms. The fourth-order valence-electron chi connectivity index (χ4n) is 2.11. The van der Waals surface area contributed by atoms with Crippen LogP contribution in [0.4, 0.5) is 0 Å². The summed E-state index contributed by atoms with van der Waals surface area (Å²) in [4.78, 5) is 0. The summed E-state index contributed by atoms with van der Waals surface area (Å²) in [6.45, 7) is 6.38. The Morgan fingerprint density at radius 1 is 0.667 bits per heavy atom. The second-order valence-corrected chi connectivity index (χ2v) is 4.67. The maximum absolute atomic E-state index is 4.96. The molecule has 92 valence electrons. The van der Waals surface area contributed by atoms with Gasteiger partial charge in [0.1, 0.15) is 0 Å². The molecule has 0 amide bonds. The molecule has 0 aliphatic carbocycles. The minimum absolute atomic E-state index is 1.16. The molecule has 0 saturated heterocycles. The molecule has 1 heterocycles. The van der Waals surface area contributed by atoms with Crippen LogP contribution in [0.5, 0.6) is 0 Å². The summed E-state index contributed by atoms with van der Waals surface area (Å²) in [5.74, 6) is 0. The van der Waals surface area contributed by atoms with E-state index in [0.29, 0.717) is 0 Å². The monoisotopic (exact) mass is 238 g/mol. The van der Waals surface area contributed by atoms with E-state index in [1.807, 2.05) is 24.3 Å². The van der Waals surface area contributed by atoms with Crippen LogP contribution >= 0.6 is 0 Å². The molecule has 1 aromatic heterocycles. The normalized spacial score (nSPS) is 9.94. The van der Waals surface area contributed by atoms with Crippen LogP contribution in [0.2, 0.25) is 0 Å². The van der Waals surface area contributed by atoms with Gasteiger partial charge in [0, 0.05) is 10.8 Å². The molecule has 1 heteroatoms. The van der Waals surface area contributed by atoms with Crippen molar-refractivity contribution in [2.75, 3.05) is 0 Å². The summed E-state index contributed by atoms with van der Waals surface area (Å²) in [6, 6.07) is 14.6. The average molecular weight is 238 g/mol. The van der Waals surface area contributed by atoms with Crippen LogP contribution in [0.25, 0.3) is 10.8 Å². The van der Waals surface area contributed by atoms with Gasteiger partial charge in [-0.25, -0.2) is 0 Å². The van der Waals surface area contributed by atoms with E-state index in [2.05, 4.69) is 39.0 Å². The minimum atomic E-state index is 1.16. The largest absolute Gasteiger partial charge is 0.471 e. The van der Waals surface area contributed by atoms with Crippen LogP contribution in [0, 0.1) is 20.8 Å². The topological polar surface area (TPSA) is 13.1 Å². The fraction of sp³-hybridized carbons (Fsp3) is 0.176. The molecular weight excluding hydrogens is 220 g/mol. The van der Waals surface area contributed by atoms with Gasteiger partial charge >= 0.3 is 0 Å². The van der Waals surface area contributed by atoms with E-state index in [1.165, 1.54) is 16.7 Å². The second kappa shape index (κ2) is 5.54. The highest BCUT2D eigenvalue weighted by molar-refractivity contribution is 5.80. The third kappa shape index (κ3) is 3.24. The molecule has 0 spiro atoms. The van der Waals surface area contributed by atoms with Gasteiger partial charge in [-0.2, -0.15) is 0 Å². The summed E-state index contributed by atoms with van der Waals surface area (Å²) < 4.78 is 4.96. The molecule has 0 aliphatic rings. The maximum atomic E-state index is 4.96. The van der Waals surface area contributed by atoms with E-state index >= 15 is 0 Å². The summed E-state index contributed by atoms with van der Waals surface area (Å²) >= 11 is 0. The number of hydrogen-bond acceptors (Lipinski definition) is 1. The Morgan fingerprint density at radius 2 is 1.06 bits per heavy atom. The molecule has 0 saturated carbocycles. The van der Waals surface area contributed by atoms with Gasteiger partial charge in [0.05, 0.1) is 12.5 Å². The van der Waals surface area contributed by atoms with E-state index in [1.54, 1.807) is 12.5 Å². The number of rotatable bonds is 0. The third-order valence-electron chi connectivity index (χ3n) is 2.75. The Bertz CT molecular complexity index is 554. The molecule has 0 unspecified atom stereocenters. The Kier molecular flexibility index (Phi) is 3.83. The second-order valence-electron chi connectivity index (χ2n) is 4.67. The van der Waals surface area contributed by atoms with Crippen LogP contribution in [0.3, 0.4) is 0 Å². The number of benzene rings is 2. The molecule has 0 aliphatic heterocycles. The van der Waals surface area contributed by atoms with Crippen LogP contribution in [-0.4, -0.2) is 0 Å². The first kappa shape index (κ1) is 12.4. The maximum Gasteiger partial charge on any atom is 0.0981 e. The molecule has 3 aromatic rings. The van der Waals surface area contributed by atoms with Gasteiger partial charge in [-0.05, 0) is 20.8 Å². The molecule has 3 rings (SSSR count). The standard InChI is InChI=1S/C9H12.C8H6O/c1-7-4-8(2)6-9(3)5-7;1-2-4-8-6-9-5-7(8)3-1/h4-6H,1-3H3;1-6H. The average Bonchev–Trinajstić information content (AvgIpc) is 2.75. The summed E-state index contributed by atoms with van der Waals surface area (Å²) in [5, 5.41) is 2.33. The first-order valence-electron chi connectivity index (χ1n) is 6.11. The highest BCUT2D eigenvalue weighted by atomic mass is 16.3. The van der Waals surface area contributed by atoms with Crippen molar-refractivity contribution in [2.24, 2.45) is 0 Å². The van der Waals surface area contributed by atoms with Gasteiger partial charge in [0.25, 0.3) is 0 Å². The van der Waals surface area contributed by atoms with Gasteiger partial charge in [0.2, 0.25) is 0 Å². The summed E-state index contributed by atoms with van der Waals surface area (Å²) in [6.07, 6.45) is 3.49. The summed E-state index contributed by atoms with van der Waals surface area (Å²) in [5.41, 5.74) is 4.06. The molecule has 0 radical (unpaired) electrons. The Balaban J connectivity index is 0.000000134. The minimum Gasteiger partial charge on any atom is -0.471 e. The first-order chi connectivity index (χ1) is 8.65.